The van der Waals surface area contributed by atoms with E-state index in [4.69, 9.17) is 0 Å². The number of hydrogen-bond acceptors (Lipinski definition) is 3. The summed E-state index contributed by atoms with van der Waals surface area (Å²) in [6.45, 7) is 2.19. The summed E-state index contributed by atoms with van der Waals surface area (Å²) in [6, 6.07) is 13.7. The van der Waals surface area contributed by atoms with Crippen molar-refractivity contribution in [3.63, 3.8) is 0 Å². The highest BCUT2D eigenvalue weighted by atomic mass is 32.2. The maximum absolute atomic E-state index is 13.3. The molecule has 1 fully saturated rings. The predicted molar refractivity (Wildman–Crippen MR) is 93.9 cm³/mol. The van der Waals surface area contributed by atoms with Crippen LogP contribution in [0, 0.1) is 11.6 Å². The number of aromatic amines is 1. The predicted octanol–water partition coefficient (Wildman–Crippen LogP) is 4.55. The molecule has 117 valence electrons. The van der Waals surface area contributed by atoms with E-state index in [1.165, 1.54) is 12.1 Å². The molecule has 1 radical (unpaired) electrons. The number of imidazole rings is 1. The Bertz CT molecular complexity index is 815. The number of nitrogens with zero attached hydrogens (tertiary/aromatic N) is 2. The number of rotatable bonds is 2. The molecule has 1 aliphatic rings. The number of nitrogens with one attached hydrogen (secondary N) is 1. The zero-order valence-corrected chi connectivity index (χ0v) is 13.6. The van der Waals surface area contributed by atoms with Gasteiger partial charge >= 0.3 is 0 Å². The second kappa shape index (κ2) is 5.89. The molecule has 1 aliphatic heterocycles. The van der Waals surface area contributed by atoms with Gasteiger partial charge in [0.05, 0.1) is 23.4 Å². The van der Waals surface area contributed by atoms with Crippen molar-refractivity contribution in [3.05, 3.63) is 65.9 Å². The number of aromatic nitrogens is 2. The van der Waals surface area contributed by atoms with Crippen LogP contribution in [0.1, 0.15) is 18.5 Å². The Hall–Kier alpha value is -2.01. The van der Waals surface area contributed by atoms with E-state index < -0.39 is 0 Å². The van der Waals surface area contributed by atoms with Crippen molar-refractivity contribution in [2.75, 3.05) is 10.7 Å². The molecule has 2 atom stereocenters. The third-order valence-electron chi connectivity index (χ3n) is 4.28. The largest absolute Gasteiger partial charge is 0.360 e. The first kappa shape index (κ1) is 14.6. The van der Waals surface area contributed by atoms with Gasteiger partial charge in [-0.1, -0.05) is 12.1 Å². The molecule has 0 saturated carbocycles. The minimum Gasteiger partial charge on any atom is -0.360 e. The van der Waals surface area contributed by atoms with Crippen LogP contribution in [0.15, 0.2) is 48.8 Å². The van der Waals surface area contributed by atoms with Crippen molar-refractivity contribution in [3.8, 4) is 0 Å². The van der Waals surface area contributed by atoms with Gasteiger partial charge in [0, 0.05) is 23.2 Å². The van der Waals surface area contributed by atoms with Crippen LogP contribution in [0.5, 0.6) is 0 Å². The SMILES string of the molecule is CC1[CH]SCC(c2ccc(F)cc2)N1c1ccc2[nH]cnc2c1. The third kappa shape index (κ3) is 2.70. The second-order valence-corrected chi connectivity index (χ2v) is 6.73. The lowest BCUT2D eigenvalue weighted by atomic mass is 10.0. The molecule has 0 spiro atoms. The van der Waals surface area contributed by atoms with Crippen LogP contribution >= 0.6 is 11.8 Å². The van der Waals surface area contributed by atoms with Crippen LogP contribution in [0.25, 0.3) is 11.0 Å². The monoisotopic (exact) mass is 326 g/mol. The summed E-state index contributed by atoms with van der Waals surface area (Å²) >= 11 is 1.83. The van der Waals surface area contributed by atoms with E-state index in [1.807, 2.05) is 23.9 Å². The third-order valence-corrected chi connectivity index (χ3v) is 5.37. The van der Waals surface area contributed by atoms with Crippen LogP contribution in [0.2, 0.25) is 0 Å². The highest BCUT2D eigenvalue weighted by Gasteiger charge is 2.30. The van der Waals surface area contributed by atoms with Gasteiger partial charge in [0.25, 0.3) is 0 Å². The summed E-state index contributed by atoms with van der Waals surface area (Å²) in [5.74, 6) is 3.02. The van der Waals surface area contributed by atoms with E-state index in [-0.39, 0.29) is 11.9 Å². The smallest absolute Gasteiger partial charge is 0.123 e. The molecule has 2 unspecified atom stereocenters. The summed E-state index contributed by atoms with van der Waals surface area (Å²) in [5, 5.41) is 0. The topological polar surface area (TPSA) is 31.9 Å². The number of thioether (sulfide) groups is 1. The summed E-state index contributed by atoms with van der Waals surface area (Å²) < 4.78 is 13.3. The highest BCUT2D eigenvalue weighted by Crippen LogP contribution is 2.39. The number of fused-ring (bicyclic) bond motifs is 1. The fourth-order valence-electron chi connectivity index (χ4n) is 3.15. The van der Waals surface area contributed by atoms with E-state index in [2.05, 4.69) is 45.7 Å². The Morgan fingerprint density at radius 1 is 1.22 bits per heavy atom. The summed E-state index contributed by atoms with van der Waals surface area (Å²) in [5.41, 5.74) is 4.28. The molecule has 2 aromatic carbocycles. The minimum atomic E-state index is -0.193. The molecule has 1 aromatic heterocycles. The van der Waals surface area contributed by atoms with E-state index in [0.717, 1.165) is 28.0 Å². The van der Waals surface area contributed by atoms with Gasteiger partial charge in [0.1, 0.15) is 5.82 Å². The maximum atomic E-state index is 13.3. The zero-order chi connectivity index (χ0) is 15.8. The Balaban J connectivity index is 1.75. The maximum Gasteiger partial charge on any atom is 0.123 e. The number of halogens is 1. The fraction of sp³-hybridized carbons (Fsp3) is 0.222. The second-order valence-electron chi connectivity index (χ2n) is 5.79. The molecule has 0 bridgehead atoms. The Morgan fingerprint density at radius 3 is 2.87 bits per heavy atom. The molecule has 5 heteroatoms. The van der Waals surface area contributed by atoms with Crippen molar-refractivity contribution < 1.29 is 4.39 Å². The first-order chi connectivity index (χ1) is 11.2. The van der Waals surface area contributed by atoms with Crippen LogP contribution < -0.4 is 4.90 Å². The first-order valence-corrected chi connectivity index (χ1v) is 8.69. The van der Waals surface area contributed by atoms with Gasteiger partial charge in [-0.05, 0) is 42.8 Å². The standard InChI is InChI=1S/C18H17FN3S/c1-12-9-23-10-18(13-2-4-14(19)5-3-13)22(12)15-6-7-16-17(8-15)21-11-20-16/h2-9,11-12,18H,10H2,1H3,(H,20,21). The van der Waals surface area contributed by atoms with E-state index in [1.54, 1.807) is 6.33 Å². The average molecular weight is 326 g/mol. The molecule has 0 amide bonds. The van der Waals surface area contributed by atoms with E-state index in [0.29, 0.717) is 6.04 Å². The summed E-state index contributed by atoms with van der Waals surface area (Å²) in [6.07, 6.45) is 1.72. The molecule has 0 aliphatic carbocycles. The highest BCUT2D eigenvalue weighted by molar-refractivity contribution is 8.01. The molecule has 1 saturated heterocycles. The Morgan fingerprint density at radius 2 is 2.04 bits per heavy atom. The fourth-order valence-corrected chi connectivity index (χ4v) is 4.21. The van der Waals surface area contributed by atoms with Crippen LogP contribution in [0.4, 0.5) is 10.1 Å². The lowest BCUT2D eigenvalue weighted by molar-refractivity contribution is 0.607. The summed E-state index contributed by atoms with van der Waals surface area (Å²) in [4.78, 5) is 9.87. The molecular weight excluding hydrogens is 309 g/mol. The van der Waals surface area contributed by atoms with Gasteiger partial charge < -0.3 is 9.88 Å². The molecule has 3 aromatic rings. The van der Waals surface area contributed by atoms with Gasteiger partial charge in [-0.3, -0.25) is 0 Å². The van der Waals surface area contributed by atoms with Crippen molar-refractivity contribution >= 4 is 28.5 Å². The Kier molecular flexibility index (Phi) is 3.73. The first-order valence-electron chi connectivity index (χ1n) is 7.64. The van der Waals surface area contributed by atoms with Crippen molar-refractivity contribution in [1.29, 1.82) is 0 Å². The van der Waals surface area contributed by atoms with Gasteiger partial charge in [-0.25, -0.2) is 9.37 Å². The lowest BCUT2D eigenvalue weighted by Gasteiger charge is -2.42. The molecule has 1 N–H and O–H groups in total. The van der Waals surface area contributed by atoms with Gasteiger partial charge in [0.15, 0.2) is 0 Å². The van der Waals surface area contributed by atoms with E-state index in [9.17, 15) is 4.39 Å². The number of anilines is 1. The summed E-state index contributed by atoms with van der Waals surface area (Å²) in [7, 11) is 0. The van der Waals surface area contributed by atoms with E-state index >= 15 is 0 Å². The van der Waals surface area contributed by atoms with Gasteiger partial charge in [0.2, 0.25) is 0 Å². The quantitative estimate of drug-likeness (QED) is 0.750. The molecule has 3 nitrogen and oxygen atoms in total. The van der Waals surface area contributed by atoms with Crippen LogP contribution in [-0.4, -0.2) is 21.8 Å². The Labute approximate surface area is 138 Å². The molecule has 4 rings (SSSR count). The molecular formula is C18H17FN3S. The van der Waals surface area contributed by atoms with Crippen LogP contribution in [-0.2, 0) is 0 Å². The van der Waals surface area contributed by atoms with Crippen molar-refractivity contribution in [1.82, 2.24) is 9.97 Å². The minimum absolute atomic E-state index is 0.193. The molecule has 2 heterocycles. The zero-order valence-electron chi connectivity index (χ0n) is 12.7. The number of benzene rings is 2. The van der Waals surface area contributed by atoms with Crippen molar-refractivity contribution in [2.24, 2.45) is 0 Å². The average Bonchev–Trinajstić information content (AvgIpc) is 3.03. The van der Waals surface area contributed by atoms with Gasteiger partial charge in [-0.15, -0.1) is 0 Å². The van der Waals surface area contributed by atoms with Gasteiger partial charge in [-0.2, -0.15) is 11.8 Å². The number of hydrogen-bond donors (Lipinski definition) is 1. The van der Waals surface area contributed by atoms with Crippen molar-refractivity contribution in [2.45, 2.75) is 19.0 Å². The van der Waals surface area contributed by atoms with Crippen LogP contribution in [0.3, 0.4) is 0 Å². The molecule has 23 heavy (non-hydrogen) atoms. The lowest BCUT2D eigenvalue weighted by Crippen LogP contribution is -2.41. The normalized spacial score (nSPS) is 21.7. The number of H-pyrrole nitrogens is 1.